The van der Waals surface area contributed by atoms with E-state index in [1.165, 1.54) is 0 Å². The Hall–Kier alpha value is -2.87. The third kappa shape index (κ3) is 8.80. The van der Waals surface area contributed by atoms with Crippen LogP contribution in [0.3, 0.4) is 0 Å². The van der Waals surface area contributed by atoms with Crippen molar-refractivity contribution in [3.8, 4) is 0 Å². The molecule has 170 valence electrons. The van der Waals surface area contributed by atoms with E-state index in [-0.39, 0.29) is 24.6 Å². The normalized spacial score (nSPS) is 12.9. The molecule has 0 saturated heterocycles. The van der Waals surface area contributed by atoms with Gasteiger partial charge >= 0.3 is 6.09 Å². The van der Waals surface area contributed by atoms with E-state index in [1.807, 2.05) is 37.3 Å². The Labute approximate surface area is 184 Å². The van der Waals surface area contributed by atoms with E-state index < -0.39 is 6.04 Å². The van der Waals surface area contributed by atoms with E-state index in [0.29, 0.717) is 25.4 Å². The molecule has 0 radical (unpaired) electrons. The lowest BCUT2D eigenvalue weighted by molar-refractivity contribution is -0.123. The van der Waals surface area contributed by atoms with Gasteiger partial charge in [-0.3, -0.25) is 4.79 Å². The van der Waals surface area contributed by atoms with Crippen LogP contribution in [0, 0.1) is 5.92 Å². The predicted octanol–water partition coefficient (Wildman–Crippen LogP) is 2.86. The molecule has 0 aliphatic carbocycles. The monoisotopic (exact) mass is 429 g/mol. The smallest absolute Gasteiger partial charge is 0.410 e. The number of carbonyl (C=O) groups is 2. The van der Waals surface area contributed by atoms with Crippen molar-refractivity contribution in [3.63, 3.8) is 0 Å². The number of amides is 2. The van der Waals surface area contributed by atoms with Crippen molar-refractivity contribution < 1.29 is 14.3 Å². The molecule has 2 rings (SSSR count). The maximum Gasteiger partial charge on any atom is 0.410 e. The number of H-pyrrole nitrogens is 1. The maximum absolute atomic E-state index is 12.7. The molecule has 0 aliphatic heterocycles. The lowest BCUT2D eigenvalue weighted by Gasteiger charge is -2.29. The molecule has 2 atom stereocenters. The number of hydrogen-bond donors (Lipinski definition) is 3. The van der Waals surface area contributed by atoms with Crippen LogP contribution >= 0.6 is 0 Å². The molecular formula is C23H35N5O3. The first-order chi connectivity index (χ1) is 14.9. The van der Waals surface area contributed by atoms with Gasteiger partial charge in [-0.15, -0.1) is 0 Å². The Morgan fingerprint density at radius 2 is 2.00 bits per heavy atom. The number of benzene rings is 1. The standard InChI is InChI=1S/C23H35N5O3/c1-4-10-28(23(30)31-15-18-8-6-5-7-9-18)14-20(11-17(2)3)27-22(29)21(24)12-19-13-25-16-26-19/h5-9,13,16-17,20-21H,4,10-12,14-15,24H2,1-3H3,(H,25,26)(H,27,29)/t20-,21-/m0/s1. The topological polar surface area (TPSA) is 113 Å². The van der Waals surface area contributed by atoms with Crippen LogP contribution < -0.4 is 11.1 Å². The summed E-state index contributed by atoms with van der Waals surface area (Å²) in [6, 6.07) is 8.67. The maximum atomic E-state index is 12.7. The van der Waals surface area contributed by atoms with Gasteiger partial charge in [0.1, 0.15) is 6.61 Å². The number of hydrogen-bond acceptors (Lipinski definition) is 5. The van der Waals surface area contributed by atoms with E-state index in [2.05, 4.69) is 29.1 Å². The Bertz CT molecular complexity index is 780. The first kappa shape index (κ1) is 24.4. The van der Waals surface area contributed by atoms with Gasteiger partial charge in [-0.05, 0) is 24.3 Å². The van der Waals surface area contributed by atoms with Crippen LogP contribution in [0.1, 0.15) is 44.9 Å². The number of nitrogens with zero attached hydrogens (tertiary/aromatic N) is 2. The van der Waals surface area contributed by atoms with Gasteiger partial charge in [0.25, 0.3) is 0 Å². The van der Waals surface area contributed by atoms with E-state index in [0.717, 1.165) is 24.1 Å². The summed E-state index contributed by atoms with van der Waals surface area (Å²) in [5.74, 6) is 0.104. The van der Waals surface area contributed by atoms with Gasteiger partial charge in [0.2, 0.25) is 5.91 Å². The second-order valence-corrected chi connectivity index (χ2v) is 8.21. The molecule has 0 spiro atoms. The highest BCUT2D eigenvalue weighted by Gasteiger charge is 2.24. The van der Waals surface area contributed by atoms with Gasteiger partial charge in [0.15, 0.2) is 0 Å². The number of nitrogens with two attached hydrogens (primary N) is 1. The van der Waals surface area contributed by atoms with Gasteiger partial charge in [0, 0.05) is 37.4 Å². The fourth-order valence-corrected chi connectivity index (χ4v) is 3.39. The van der Waals surface area contributed by atoms with Crippen molar-refractivity contribution in [3.05, 3.63) is 54.1 Å². The zero-order valence-corrected chi connectivity index (χ0v) is 18.7. The van der Waals surface area contributed by atoms with E-state index in [9.17, 15) is 9.59 Å². The molecule has 4 N–H and O–H groups in total. The Morgan fingerprint density at radius 1 is 1.26 bits per heavy atom. The summed E-state index contributed by atoms with van der Waals surface area (Å²) in [4.78, 5) is 34.0. The van der Waals surface area contributed by atoms with Crippen LogP contribution in [0.2, 0.25) is 0 Å². The molecule has 31 heavy (non-hydrogen) atoms. The van der Waals surface area contributed by atoms with Gasteiger partial charge in [-0.25, -0.2) is 9.78 Å². The highest BCUT2D eigenvalue weighted by molar-refractivity contribution is 5.82. The van der Waals surface area contributed by atoms with E-state index >= 15 is 0 Å². The molecule has 0 bridgehead atoms. The highest BCUT2D eigenvalue weighted by Crippen LogP contribution is 2.10. The lowest BCUT2D eigenvalue weighted by atomic mass is 10.0. The van der Waals surface area contributed by atoms with Crippen molar-refractivity contribution >= 4 is 12.0 Å². The molecule has 0 unspecified atom stereocenters. The van der Waals surface area contributed by atoms with Crippen LogP contribution in [-0.2, 0) is 22.6 Å². The largest absolute Gasteiger partial charge is 0.445 e. The molecule has 1 heterocycles. The highest BCUT2D eigenvalue weighted by atomic mass is 16.6. The van der Waals surface area contributed by atoms with Gasteiger partial charge < -0.3 is 25.7 Å². The summed E-state index contributed by atoms with van der Waals surface area (Å²) in [7, 11) is 0. The summed E-state index contributed by atoms with van der Waals surface area (Å²) < 4.78 is 5.51. The molecule has 0 saturated carbocycles. The summed E-state index contributed by atoms with van der Waals surface area (Å²) in [6.45, 7) is 7.33. The molecule has 2 aromatic rings. The molecule has 0 aliphatic rings. The number of imidazole rings is 1. The summed E-state index contributed by atoms with van der Waals surface area (Å²) in [5.41, 5.74) is 7.82. The predicted molar refractivity (Wildman–Crippen MR) is 120 cm³/mol. The minimum atomic E-state index is -0.695. The third-order valence-electron chi connectivity index (χ3n) is 4.83. The summed E-state index contributed by atoms with van der Waals surface area (Å²) in [6.07, 6.45) is 4.74. The number of nitrogens with one attached hydrogen (secondary N) is 2. The average molecular weight is 430 g/mol. The van der Waals surface area contributed by atoms with Crippen molar-refractivity contribution in [2.75, 3.05) is 13.1 Å². The second-order valence-electron chi connectivity index (χ2n) is 8.21. The zero-order valence-electron chi connectivity index (χ0n) is 18.7. The fraction of sp³-hybridized carbons (Fsp3) is 0.522. The molecule has 1 aromatic carbocycles. The Kier molecular flexibility index (Phi) is 10.0. The SMILES string of the molecule is CCCN(C[C@H](CC(C)C)NC(=O)[C@@H](N)Cc1cnc[nH]1)C(=O)OCc1ccccc1. The molecule has 1 aromatic heterocycles. The quantitative estimate of drug-likeness (QED) is 0.480. The molecular weight excluding hydrogens is 394 g/mol. The van der Waals surface area contributed by atoms with E-state index in [4.69, 9.17) is 10.5 Å². The first-order valence-electron chi connectivity index (χ1n) is 10.9. The summed E-state index contributed by atoms with van der Waals surface area (Å²) >= 11 is 0. The van der Waals surface area contributed by atoms with Gasteiger partial charge in [0.05, 0.1) is 12.4 Å². The number of ether oxygens (including phenoxy) is 1. The van der Waals surface area contributed by atoms with Crippen LogP contribution in [0.4, 0.5) is 4.79 Å². The van der Waals surface area contributed by atoms with Crippen molar-refractivity contribution in [1.82, 2.24) is 20.2 Å². The van der Waals surface area contributed by atoms with Crippen molar-refractivity contribution in [2.45, 2.75) is 58.7 Å². The van der Waals surface area contributed by atoms with Crippen LogP contribution in [-0.4, -0.2) is 52.0 Å². The zero-order chi connectivity index (χ0) is 22.6. The van der Waals surface area contributed by atoms with Gasteiger partial charge in [-0.2, -0.15) is 0 Å². The summed E-state index contributed by atoms with van der Waals surface area (Å²) in [5, 5.41) is 3.03. The molecule has 8 nitrogen and oxygen atoms in total. The Morgan fingerprint density at radius 3 is 2.61 bits per heavy atom. The lowest BCUT2D eigenvalue weighted by Crippen LogP contribution is -2.51. The van der Waals surface area contributed by atoms with Crippen LogP contribution in [0.15, 0.2) is 42.9 Å². The number of carbonyl (C=O) groups excluding carboxylic acids is 2. The number of aromatic nitrogens is 2. The minimum Gasteiger partial charge on any atom is -0.445 e. The van der Waals surface area contributed by atoms with Crippen molar-refractivity contribution in [2.24, 2.45) is 11.7 Å². The van der Waals surface area contributed by atoms with Crippen molar-refractivity contribution in [1.29, 1.82) is 0 Å². The average Bonchev–Trinajstić information content (AvgIpc) is 3.25. The first-order valence-corrected chi connectivity index (χ1v) is 10.9. The van der Waals surface area contributed by atoms with Crippen LogP contribution in [0.25, 0.3) is 0 Å². The Balaban J connectivity index is 1.97. The second kappa shape index (κ2) is 12.7. The van der Waals surface area contributed by atoms with Gasteiger partial charge in [-0.1, -0.05) is 51.1 Å². The third-order valence-corrected chi connectivity index (χ3v) is 4.83. The number of aromatic amines is 1. The van der Waals surface area contributed by atoms with Crippen LogP contribution in [0.5, 0.6) is 0 Å². The number of rotatable bonds is 12. The molecule has 2 amide bonds. The fourth-order valence-electron chi connectivity index (χ4n) is 3.39. The van der Waals surface area contributed by atoms with E-state index in [1.54, 1.807) is 17.4 Å². The minimum absolute atomic E-state index is 0.212. The molecule has 0 fully saturated rings. The molecule has 8 heteroatoms.